The molecule has 2 atom stereocenters. The Morgan fingerprint density at radius 1 is 1.05 bits per heavy atom. The zero-order chi connectivity index (χ0) is 27.8. The van der Waals surface area contributed by atoms with Gasteiger partial charge in [-0.05, 0) is 68.7 Å². The molecule has 2 rings (SSSR count). The van der Waals surface area contributed by atoms with Crippen LogP contribution in [-0.4, -0.2) is 57.1 Å². The minimum atomic E-state index is -3.58. The largest absolute Gasteiger partial charge is 0.497 e. The Kier molecular flexibility index (Phi) is 11.5. The number of hydrogen-bond acceptors (Lipinski definition) is 5. The highest BCUT2D eigenvalue weighted by Crippen LogP contribution is 2.25. The van der Waals surface area contributed by atoms with Crippen LogP contribution < -0.4 is 14.4 Å². The molecule has 0 aromatic heterocycles. The first-order valence-electron chi connectivity index (χ1n) is 12.0. The summed E-state index contributed by atoms with van der Waals surface area (Å²) in [6, 6.07) is 10.9. The molecular weight excluding hydrogens is 537 g/mol. The third kappa shape index (κ3) is 9.09. The number of nitrogens with zero attached hydrogens (tertiary/aromatic N) is 2. The van der Waals surface area contributed by atoms with Crippen LogP contribution in [0.25, 0.3) is 0 Å². The monoisotopic (exact) mass is 571 g/mol. The lowest BCUT2D eigenvalue weighted by molar-refractivity contribution is -0.140. The number of nitrogens with one attached hydrogen (secondary N) is 1. The van der Waals surface area contributed by atoms with Gasteiger partial charge in [-0.3, -0.25) is 13.9 Å². The fourth-order valence-corrected chi connectivity index (χ4v) is 4.92. The Morgan fingerprint density at radius 2 is 1.70 bits per heavy atom. The molecule has 0 radical (unpaired) electrons. The standard InChI is InChI=1S/C26H35Cl2N3O5S/c1-6-18(2)29-26(33)19(3)30(17-20-9-14-23(27)24(28)16-20)25(32)8-7-15-31(37(5,34)35)21-10-12-22(36-4)13-11-21/h9-14,16,18-19H,6-8,15,17H2,1-5H3,(H,29,33)/t18-,19+/m0/s1. The average Bonchev–Trinajstić information content (AvgIpc) is 2.85. The summed E-state index contributed by atoms with van der Waals surface area (Å²) in [5.41, 5.74) is 1.20. The first kappa shape index (κ1) is 30.7. The summed E-state index contributed by atoms with van der Waals surface area (Å²) in [6.45, 7) is 5.79. The molecule has 0 aliphatic rings. The molecule has 0 saturated carbocycles. The molecule has 204 valence electrons. The van der Waals surface area contributed by atoms with E-state index in [0.717, 1.165) is 18.2 Å². The maximum Gasteiger partial charge on any atom is 0.242 e. The smallest absolute Gasteiger partial charge is 0.242 e. The van der Waals surface area contributed by atoms with Crippen molar-refractivity contribution < 1.29 is 22.7 Å². The van der Waals surface area contributed by atoms with Crippen LogP contribution in [0.2, 0.25) is 10.0 Å². The lowest BCUT2D eigenvalue weighted by Crippen LogP contribution is -2.49. The summed E-state index contributed by atoms with van der Waals surface area (Å²) in [6.07, 6.45) is 2.18. The molecule has 11 heteroatoms. The van der Waals surface area contributed by atoms with Gasteiger partial charge in [-0.15, -0.1) is 0 Å². The molecule has 1 N–H and O–H groups in total. The molecule has 0 heterocycles. The molecule has 0 unspecified atom stereocenters. The van der Waals surface area contributed by atoms with Gasteiger partial charge in [0.15, 0.2) is 0 Å². The van der Waals surface area contributed by atoms with E-state index in [1.54, 1.807) is 49.4 Å². The fourth-order valence-electron chi connectivity index (χ4n) is 3.64. The predicted molar refractivity (Wildman–Crippen MR) is 149 cm³/mol. The van der Waals surface area contributed by atoms with Crippen molar-refractivity contribution in [1.29, 1.82) is 0 Å². The molecule has 0 aliphatic carbocycles. The summed E-state index contributed by atoms with van der Waals surface area (Å²) < 4.78 is 31.3. The Balaban J connectivity index is 2.19. The van der Waals surface area contributed by atoms with Gasteiger partial charge in [-0.1, -0.05) is 36.2 Å². The number of ether oxygens (including phenoxy) is 1. The Labute approximate surface area is 229 Å². The van der Waals surface area contributed by atoms with Gasteiger partial charge >= 0.3 is 0 Å². The van der Waals surface area contributed by atoms with Crippen LogP contribution in [0.3, 0.4) is 0 Å². The van der Waals surface area contributed by atoms with Gasteiger partial charge < -0.3 is 15.0 Å². The second kappa shape index (κ2) is 13.9. The van der Waals surface area contributed by atoms with Crippen LogP contribution in [0.1, 0.15) is 45.6 Å². The predicted octanol–water partition coefficient (Wildman–Crippen LogP) is 4.88. The molecule has 2 amide bonds. The first-order chi connectivity index (χ1) is 17.4. The summed E-state index contributed by atoms with van der Waals surface area (Å²) in [4.78, 5) is 27.7. The number of halogens is 2. The second-order valence-electron chi connectivity index (χ2n) is 8.90. The van der Waals surface area contributed by atoms with Crippen molar-refractivity contribution in [3.8, 4) is 5.75 Å². The number of benzene rings is 2. The van der Waals surface area contributed by atoms with E-state index in [2.05, 4.69) is 5.32 Å². The van der Waals surface area contributed by atoms with Crippen molar-refractivity contribution in [2.45, 2.75) is 58.7 Å². The van der Waals surface area contributed by atoms with E-state index < -0.39 is 16.1 Å². The summed E-state index contributed by atoms with van der Waals surface area (Å²) in [7, 11) is -2.05. The molecule has 0 fully saturated rings. The van der Waals surface area contributed by atoms with Crippen LogP contribution >= 0.6 is 23.2 Å². The third-order valence-electron chi connectivity index (χ3n) is 6.02. The average molecular weight is 573 g/mol. The Morgan fingerprint density at radius 3 is 2.24 bits per heavy atom. The topological polar surface area (TPSA) is 96.0 Å². The number of anilines is 1. The van der Waals surface area contributed by atoms with E-state index in [1.165, 1.54) is 16.3 Å². The molecule has 2 aromatic carbocycles. The van der Waals surface area contributed by atoms with Crippen molar-refractivity contribution in [2.24, 2.45) is 0 Å². The van der Waals surface area contributed by atoms with Crippen molar-refractivity contribution in [2.75, 3.05) is 24.2 Å². The lowest BCUT2D eigenvalue weighted by atomic mass is 10.1. The van der Waals surface area contributed by atoms with Gasteiger partial charge in [0.2, 0.25) is 21.8 Å². The molecule has 0 spiro atoms. The van der Waals surface area contributed by atoms with Crippen molar-refractivity contribution >= 4 is 50.7 Å². The van der Waals surface area contributed by atoms with E-state index in [4.69, 9.17) is 27.9 Å². The number of amides is 2. The first-order valence-corrected chi connectivity index (χ1v) is 14.6. The van der Waals surface area contributed by atoms with Gasteiger partial charge in [-0.2, -0.15) is 0 Å². The fraction of sp³-hybridized carbons (Fsp3) is 0.462. The van der Waals surface area contributed by atoms with Crippen LogP contribution in [0, 0.1) is 0 Å². The maximum absolute atomic E-state index is 13.4. The molecule has 0 aliphatic heterocycles. The molecule has 2 aromatic rings. The van der Waals surface area contributed by atoms with Gasteiger partial charge in [0.1, 0.15) is 11.8 Å². The van der Waals surface area contributed by atoms with Gasteiger partial charge in [-0.25, -0.2) is 8.42 Å². The zero-order valence-electron chi connectivity index (χ0n) is 21.8. The highest BCUT2D eigenvalue weighted by Gasteiger charge is 2.27. The number of carbonyl (C=O) groups is 2. The van der Waals surface area contributed by atoms with Crippen LogP contribution in [0.5, 0.6) is 5.75 Å². The van der Waals surface area contributed by atoms with Gasteiger partial charge in [0.05, 0.1) is 29.1 Å². The summed E-state index contributed by atoms with van der Waals surface area (Å²) >= 11 is 12.2. The van der Waals surface area contributed by atoms with E-state index in [1.807, 2.05) is 13.8 Å². The minimum Gasteiger partial charge on any atom is -0.497 e. The normalized spacial score (nSPS) is 12.9. The molecule has 0 saturated heterocycles. The second-order valence-corrected chi connectivity index (χ2v) is 11.6. The molecule has 8 nitrogen and oxygen atoms in total. The third-order valence-corrected chi connectivity index (χ3v) is 7.95. The Bertz CT molecular complexity index is 1180. The number of carbonyl (C=O) groups excluding carboxylic acids is 2. The van der Waals surface area contributed by atoms with E-state index in [0.29, 0.717) is 21.5 Å². The summed E-state index contributed by atoms with van der Waals surface area (Å²) in [5, 5.41) is 3.67. The number of hydrogen-bond donors (Lipinski definition) is 1. The highest BCUT2D eigenvalue weighted by atomic mass is 35.5. The van der Waals surface area contributed by atoms with Crippen molar-refractivity contribution in [1.82, 2.24) is 10.2 Å². The van der Waals surface area contributed by atoms with E-state index in [9.17, 15) is 18.0 Å². The van der Waals surface area contributed by atoms with Crippen molar-refractivity contribution in [3.05, 3.63) is 58.1 Å². The highest BCUT2D eigenvalue weighted by molar-refractivity contribution is 7.92. The summed E-state index contributed by atoms with van der Waals surface area (Å²) in [5.74, 6) is 0.0646. The van der Waals surface area contributed by atoms with Gasteiger partial charge in [0.25, 0.3) is 0 Å². The van der Waals surface area contributed by atoms with E-state index in [-0.39, 0.29) is 43.8 Å². The molecule has 0 bridgehead atoms. The maximum atomic E-state index is 13.4. The zero-order valence-corrected chi connectivity index (χ0v) is 24.2. The van der Waals surface area contributed by atoms with Crippen LogP contribution in [0.15, 0.2) is 42.5 Å². The van der Waals surface area contributed by atoms with E-state index >= 15 is 0 Å². The minimum absolute atomic E-state index is 0.0373. The number of rotatable bonds is 13. The van der Waals surface area contributed by atoms with Gasteiger partial charge in [0, 0.05) is 25.6 Å². The SMILES string of the molecule is CC[C@H](C)NC(=O)[C@@H](C)N(Cc1ccc(Cl)c(Cl)c1)C(=O)CCCN(c1ccc(OC)cc1)S(C)(=O)=O. The van der Waals surface area contributed by atoms with Crippen LogP contribution in [0.4, 0.5) is 5.69 Å². The van der Waals surface area contributed by atoms with Crippen LogP contribution in [-0.2, 0) is 26.2 Å². The lowest BCUT2D eigenvalue weighted by Gasteiger charge is -2.30. The number of sulfonamides is 1. The Hall–Kier alpha value is -2.49. The molecular formula is C26H35Cl2N3O5S. The molecule has 37 heavy (non-hydrogen) atoms. The number of methoxy groups -OCH3 is 1. The quantitative estimate of drug-likeness (QED) is 0.369. The van der Waals surface area contributed by atoms with Crippen molar-refractivity contribution in [3.63, 3.8) is 0 Å².